The maximum absolute atomic E-state index is 12.8. The van der Waals surface area contributed by atoms with Gasteiger partial charge in [0.25, 0.3) is 0 Å². The summed E-state index contributed by atoms with van der Waals surface area (Å²) in [5.41, 5.74) is 3.88. The van der Waals surface area contributed by atoms with Crippen molar-refractivity contribution in [1.82, 2.24) is 4.31 Å². The quantitative estimate of drug-likeness (QED) is 0.762. The molecule has 3 rings (SSSR count). The van der Waals surface area contributed by atoms with Crippen LogP contribution in [-0.2, 0) is 14.8 Å². The third-order valence-corrected chi connectivity index (χ3v) is 6.56. The summed E-state index contributed by atoms with van der Waals surface area (Å²) in [6.45, 7) is 5.66. The fraction of sp³-hybridized carbons (Fsp3) is 0.316. The number of nitrogens with one attached hydrogen (secondary N) is 2. The zero-order valence-corrected chi connectivity index (χ0v) is 17.0. The number of benzene rings is 2. The largest absolute Gasteiger partial charge is 0.379 e. The second-order valence-electron chi connectivity index (χ2n) is 6.42. The smallest absolute Gasteiger partial charge is 0.243 e. The summed E-state index contributed by atoms with van der Waals surface area (Å²) in [5.74, 6) is 0. The molecular formula is C19H23N3O3S2. The molecule has 0 bridgehead atoms. The molecule has 0 saturated carbocycles. The molecule has 0 aliphatic carbocycles. The van der Waals surface area contributed by atoms with Gasteiger partial charge in [0.2, 0.25) is 10.0 Å². The van der Waals surface area contributed by atoms with E-state index in [1.54, 1.807) is 24.3 Å². The Balaban J connectivity index is 1.71. The highest BCUT2D eigenvalue weighted by atomic mass is 32.2. The first-order valence-electron chi connectivity index (χ1n) is 8.69. The number of aryl methyl sites for hydroxylation is 2. The molecule has 8 heteroatoms. The van der Waals surface area contributed by atoms with Gasteiger partial charge in [0, 0.05) is 24.5 Å². The summed E-state index contributed by atoms with van der Waals surface area (Å²) in [6, 6.07) is 12.7. The van der Waals surface area contributed by atoms with Crippen LogP contribution < -0.4 is 10.6 Å². The fourth-order valence-corrected chi connectivity index (χ4v) is 4.47. The highest BCUT2D eigenvalue weighted by Gasteiger charge is 2.26. The molecule has 1 saturated heterocycles. The maximum atomic E-state index is 12.8. The lowest BCUT2D eigenvalue weighted by Gasteiger charge is -2.26. The zero-order valence-electron chi connectivity index (χ0n) is 15.4. The average molecular weight is 406 g/mol. The number of hydrogen-bond donors (Lipinski definition) is 2. The van der Waals surface area contributed by atoms with E-state index in [1.807, 2.05) is 25.1 Å². The molecule has 144 valence electrons. The predicted molar refractivity (Wildman–Crippen MR) is 112 cm³/mol. The lowest BCUT2D eigenvalue weighted by atomic mass is 10.1. The molecule has 1 aliphatic heterocycles. The number of nitrogens with zero attached hydrogens (tertiary/aromatic N) is 1. The number of sulfonamides is 1. The summed E-state index contributed by atoms with van der Waals surface area (Å²) in [5, 5.41) is 6.58. The van der Waals surface area contributed by atoms with E-state index < -0.39 is 10.0 Å². The molecule has 1 fully saturated rings. The van der Waals surface area contributed by atoms with Gasteiger partial charge in [0.1, 0.15) is 0 Å². The fourth-order valence-electron chi connectivity index (χ4n) is 2.78. The monoisotopic (exact) mass is 405 g/mol. The number of ether oxygens (including phenoxy) is 1. The van der Waals surface area contributed by atoms with Crippen LogP contribution in [0.2, 0.25) is 0 Å². The Kier molecular flexibility index (Phi) is 6.11. The Morgan fingerprint density at radius 3 is 2.33 bits per heavy atom. The SMILES string of the molecule is Cc1ccc(NC(=S)Nc2cccc(S(=O)(=O)N3CCOCC3)c2)cc1C. The van der Waals surface area contributed by atoms with E-state index in [4.69, 9.17) is 17.0 Å². The van der Waals surface area contributed by atoms with Crippen molar-refractivity contribution in [3.63, 3.8) is 0 Å². The number of anilines is 2. The summed E-state index contributed by atoms with van der Waals surface area (Å²) in [4.78, 5) is 0.239. The van der Waals surface area contributed by atoms with E-state index in [9.17, 15) is 8.42 Å². The van der Waals surface area contributed by atoms with Crippen molar-refractivity contribution in [1.29, 1.82) is 0 Å². The van der Waals surface area contributed by atoms with E-state index in [2.05, 4.69) is 17.6 Å². The number of hydrogen-bond acceptors (Lipinski definition) is 4. The van der Waals surface area contributed by atoms with E-state index >= 15 is 0 Å². The van der Waals surface area contributed by atoms with E-state index in [1.165, 1.54) is 15.4 Å². The molecule has 2 aromatic rings. The minimum Gasteiger partial charge on any atom is -0.379 e. The lowest BCUT2D eigenvalue weighted by Crippen LogP contribution is -2.40. The van der Waals surface area contributed by atoms with Gasteiger partial charge in [0.15, 0.2) is 5.11 Å². The van der Waals surface area contributed by atoms with Crippen LogP contribution in [0.4, 0.5) is 11.4 Å². The predicted octanol–water partition coefficient (Wildman–Crippen LogP) is 3.13. The van der Waals surface area contributed by atoms with Crippen molar-refractivity contribution >= 4 is 38.7 Å². The third kappa shape index (κ3) is 4.84. The average Bonchev–Trinajstić information content (AvgIpc) is 2.65. The van der Waals surface area contributed by atoms with Crippen LogP contribution in [0, 0.1) is 13.8 Å². The molecule has 1 heterocycles. The Morgan fingerprint density at radius 2 is 1.67 bits per heavy atom. The number of morpholine rings is 1. The second kappa shape index (κ2) is 8.35. The van der Waals surface area contributed by atoms with E-state index in [0.29, 0.717) is 37.1 Å². The van der Waals surface area contributed by atoms with Gasteiger partial charge < -0.3 is 15.4 Å². The molecular weight excluding hydrogens is 382 g/mol. The normalized spacial score (nSPS) is 15.3. The van der Waals surface area contributed by atoms with Crippen LogP contribution in [0.15, 0.2) is 47.4 Å². The Hall–Kier alpha value is -2.00. The van der Waals surface area contributed by atoms with Gasteiger partial charge in [-0.05, 0) is 67.5 Å². The topological polar surface area (TPSA) is 70.7 Å². The van der Waals surface area contributed by atoms with Crippen molar-refractivity contribution in [2.24, 2.45) is 0 Å². The molecule has 0 aromatic heterocycles. The molecule has 6 nitrogen and oxygen atoms in total. The first kappa shape index (κ1) is 19.8. The molecule has 0 spiro atoms. The lowest BCUT2D eigenvalue weighted by molar-refractivity contribution is 0.0730. The molecule has 27 heavy (non-hydrogen) atoms. The minimum atomic E-state index is -3.54. The molecule has 0 amide bonds. The van der Waals surface area contributed by atoms with Gasteiger partial charge in [-0.2, -0.15) is 4.31 Å². The Bertz CT molecular complexity index is 939. The number of rotatable bonds is 4. The molecule has 0 unspecified atom stereocenters. The van der Waals surface area contributed by atoms with Gasteiger partial charge in [-0.3, -0.25) is 0 Å². The van der Waals surface area contributed by atoms with E-state index in [0.717, 1.165) is 5.69 Å². The molecule has 2 aromatic carbocycles. The Labute approximate surface area is 165 Å². The van der Waals surface area contributed by atoms with E-state index in [-0.39, 0.29) is 4.90 Å². The van der Waals surface area contributed by atoms with Crippen molar-refractivity contribution in [3.05, 3.63) is 53.6 Å². The van der Waals surface area contributed by atoms with Crippen molar-refractivity contribution in [2.45, 2.75) is 18.7 Å². The molecule has 0 atom stereocenters. The minimum absolute atomic E-state index is 0.239. The van der Waals surface area contributed by atoms with Gasteiger partial charge in [0.05, 0.1) is 18.1 Å². The van der Waals surface area contributed by atoms with Gasteiger partial charge in [-0.25, -0.2) is 8.42 Å². The second-order valence-corrected chi connectivity index (χ2v) is 8.77. The van der Waals surface area contributed by atoms with Crippen LogP contribution >= 0.6 is 12.2 Å². The first-order chi connectivity index (χ1) is 12.9. The highest BCUT2D eigenvalue weighted by Crippen LogP contribution is 2.21. The van der Waals surface area contributed by atoms with Gasteiger partial charge >= 0.3 is 0 Å². The van der Waals surface area contributed by atoms with Crippen LogP contribution in [0.5, 0.6) is 0 Å². The zero-order chi connectivity index (χ0) is 19.4. The molecule has 2 N–H and O–H groups in total. The summed E-state index contributed by atoms with van der Waals surface area (Å²) in [7, 11) is -3.54. The van der Waals surface area contributed by atoms with Crippen molar-refractivity contribution in [3.8, 4) is 0 Å². The first-order valence-corrected chi connectivity index (χ1v) is 10.5. The van der Waals surface area contributed by atoms with Crippen LogP contribution in [0.1, 0.15) is 11.1 Å². The van der Waals surface area contributed by atoms with Crippen molar-refractivity contribution in [2.75, 3.05) is 36.9 Å². The van der Waals surface area contributed by atoms with Crippen LogP contribution in [0.3, 0.4) is 0 Å². The van der Waals surface area contributed by atoms with Crippen LogP contribution in [0.25, 0.3) is 0 Å². The van der Waals surface area contributed by atoms with Crippen LogP contribution in [-0.4, -0.2) is 44.1 Å². The molecule has 0 radical (unpaired) electrons. The molecule has 1 aliphatic rings. The summed E-state index contributed by atoms with van der Waals surface area (Å²) < 4.78 is 32.2. The summed E-state index contributed by atoms with van der Waals surface area (Å²) in [6.07, 6.45) is 0. The van der Waals surface area contributed by atoms with Crippen molar-refractivity contribution < 1.29 is 13.2 Å². The maximum Gasteiger partial charge on any atom is 0.243 e. The summed E-state index contributed by atoms with van der Waals surface area (Å²) >= 11 is 5.36. The standard InChI is InChI=1S/C19H23N3O3S2/c1-14-6-7-17(12-15(14)2)21-19(26)20-16-4-3-5-18(13-16)27(23,24)22-8-10-25-11-9-22/h3-7,12-13H,8-11H2,1-2H3,(H2,20,21,26). The van der Waals surface area contributed by atoms with Gasteiger partial charge in [-0.1, -0.05) is 12.1 Å². The van der Waals surface area contributed by atoms with Gasteiger partial charge in [-0.15, -0.1) is 0 Å². The number of thiocarbonyl (C=S) groups is 1. The third-order valence-electron chi connectivity index (χ3n) is 4.46. The Morgan fingerprint density at radius 1 is 1.00 bits per heavy atom. The highest BCUT2D eigenvalue weighted by molar-refractivity contribution is 7.89.